The molecule has 1 aliphatic heterocycles. The van der Waals surface area contributed by atoms with E-state index in [0.29, 0.717) is 31.1 Å². The first-order valence-electron chi connectivity index (χ1n) is 7.35. The van der Waals surface area contributed by atoms with Crippen LogP contribution in [0, 0.1) is 0 Å². The summed E-state index contributed by atoms with van der Waals surface area (Å²) >= 11 is 0. The van der Waals surface area contributed by atoms with E-state index < -0.39 is 0 Å². The molecule has 22 heavy (non-hydrogen) atoms. The van der Waals surface area contributed by atoms with Gasteiger partial charge >= 0.3 is 12.0 Å². The molecule has 1 fully saturated rings. The van der Waals surface area contributed by atoms with Gasteiger partial charge in [-0.15, -0.1) is 0 Å². The first kappa shape index (κ1) is 16.3. The molecule has 0 bridgehead atoms. The van der Waals surface area contributed by atoms with E-state index in [9.17, 15) is 9.59 Å². The largest absolute Gasteiger partial charge is 0.427 e. The van der Waals surface area contributed by atoms with Gasteiger partial charge in [-0.25, -0.2) is 4.79 Å². The number of carbonyl (C=O) groups is 2. The van der Waals surface area contributed by atoms with E-state index in [1.807, 2.05) is 0 Å². The van der Waals surface area contributed by atoms with Crippen molar-refractivity contribution in [2.24, 2.45) is 5.73 Å². The summed E-state index contributed by atoms with van der Waals surface area (Å²) < 4.78 is 5.00. The van der Waals surface area contributed by atoms with Crippen LogP contribution in [0.3, 0.4) is 0 Å². The smallest absolute Gasteiger partial charge is 0.321 e. The molecule has 0 saturated carbocycles. The van der Waals surface area contributed by atoms with Crippen LogP contribution in [0.25, 0.3) is 0 Å². The number of anilines is 1. The molecule has 7 nitrogen and oxygen atoms in total. The topological polar surface area (TPSA) is 87.9 Å². The minimum atomic E-state index is -0.389. The zero-order chi connectivity index (χ0) is 15.9. The number of hydrogen-bond acceptors (Lipinski definition) is 5. The van der Waals surface area contributed by atoms with Gasteiger partial charge in [-0.05, 0) is 12.1 Å². The van der Waals surface area contributed by atoms with Gasteiger partial charge in [0, 0.05) is 57.9 Å². The molecule has 1 aromatic rings. The number of nitrogens with one attached hydrogen (secondary N) is 1. The molecular weight excluding hydrogens is 284 g/mol. The molecule has 1 saturated heterocycles. The molecule has 120 valence electrons. The molecule has 1 aromatic carbocycles. The van der Waals surface area contributed by atoms with Gasteiger partial charge in [-0.2, -0.15) is 0 Å². The number of rotatable bonds is 4. The van der Waals surface area contributed by atoms with Crippen molar-refractivity contribution in [2.45, 2.75) is 6.92 Å². The van der Waals surface area contributed by atoms with E-state index in [4.69, 9.17) is 10.5 Å². The molecular formula is C15H22N4O3. The average Bonchev–Trinajstić information content (AvgIpc) is 2.48. The molecule has 0 unspecified atom stereocenters. The summed E-state index contributed by atoms with van der Waals surface area (Å²) in [6.45, 7) is 5.85. The summed E-state index contributed by atoms with van der Waals surface area (Å²) in [7, 11) is 0. The number of esters is 1. The number of piperazine rings is 1. The quantitative estimate of drug-likeness (QED) is 0.632. The molecule has 0 atom stereocenters. The summed E-state index contributed by atoms with van der Waals surface area (Å²) in [6, 6.07) is 6.64. The lowest BCUT2D eigenvalue weighted by atomic mass is 10.3. The third-order valence-electron chi connectivity index (χ3n) is 3.45. The van der Waals surface area contributed by atoms with Crippen LogP contribution in [0.4, 0.5) is 10.5 Å². The normalized spacial score (nSPS) is 15.5. The van der Waals surface area contributed by atoms with Crippen molar-refractivity contribution in [1.29, 1.82) is 0 Å². The third-order valence-corrected chi connectivity index (χ3v) is 3.45. The lowest BCUT2D eigenvalue weighted by molar-refractivity contribution is -0.131. The zero-order valence-corrected chi connectivity index (χ0v) is 12.7. The van der Waals surface area contributed by atoms with Gasteiger partial charge < -0.3 is 20.7 Å². The van der Waals surface area contributed by atoms with Crippen molar-refractivity contribution >= 4 is 17.7 Å². The number of benzene rings is 1. The van der Waals surface area contributed by atoms with Gasteiger partial charge in [-0.3, -0.25) is 9.69 Å². The maximum Gasteiger partial charge on any atom is 0.321 e. The Morgan fingerprint density at radius 2 is 2.00 bits per heavy atom. The van der Waals surface area contributed by atoms with E-state index in [2.05, 4.69) is 10.2 Å². The van der Waals surface area contributed by atoms with Crippen molar-refractivity contribution in [3.05, 3.63) is 24.3 Å². The van der Waals surface area contributed by atoms with Crippen molar-refractivity contribution < 1.29 is 14.3 Å². The predicted octanol–water partition coefficient (Wildman–Crippen LogP) is 0.720. The van der Waals surface area contributed by atoms with Gasteiger partial charge in [0.25, 0.3) is 0 Å². The first-order valence-corrected chi connectivity index (χ1v) is 7.35. The van der Waals surface area contributed by atoms with Gasteiger partial charge in [0.15, 0.2) is 0 Å². The Labute approximate surface area is 130 Å². The summed E-state index contributed by atoms with van der Waals surface area (Å²) in [4.78, 5) is 27.2. The SMILES string of the molecule is CC(=O)Oc1cccc(NC(=O)N2CCN(CCN)CC2)c1. The molecule has 0 radical (unpaired) electrons. The van der Waals surface area contributed by atoms with Crippen LogP contribution < -0.4 is 15.8 Å². The third kappa shape index (κ3) is 4.71. The van der Waals surface area contributed by atoms with Gasteiger partial charge in [-0.1, -0.05) is 6.07 Å². The Kier molecular flexibility index (Phi) is 5.74. The van der Waals surface area contributed by atoms with Crippen molar-refractivity contribution in [1.82, 2.24) is 9.80 Å². The summed E-state index contributed by atoms with van der Waals surface area (Å²) in [5.74, 6) is 0.0255. The highest BCUT2D eigenvalue weighted by molar-refractivity contribution is 5.89. The van der Waals surface area contributed by atoms with E-state index in [0.717, 1.165) is 19.6 Å². The summed E-state index contributed by atoms with van der Waals surface area (Å²) in [5, 5.41) is 2.82. The number of nitrogens with zero attached hydrogens (tertiary/aromatic N) is 2. The molecule has 0 aliphatic carbocycles. The number of carbonyl (C=O) groups excluding carboxylic acids is 2. The second kappa shape index (κ2) is 7.77. The molecule has 1 aliphatic rings. The minimum absolute atomic E-state index is 0.146. The number of ether oxygens (including phenoxy) is 1. The van der Waals surface area contributed by atoms with Gasteiger partial charge in [0.2, 0.25) is 0 Å². The second-order valence-corrected chi connectivity index (χ2v) is 5.17. The Morgan fingerprint density at radius 1 is 1.27 bits per heavy atom. The fraction of sp³-hybridized carbons (Fsp3) is 0.467. The first-order chi connectivity index (χ1) is 10.6. The number of amides is 2. The van der Waals surface area contributed by atoms with Crippen LogP contribution in [0.2, 0.25) is 0 Å². The van der Waals surface area contributed by atoms with Crippen LogP contribution >= 0.6 is 0 Å². The molecule has 7 heteroatoms. The standard InChI is InChI=1S/C15H22N4O3/c1-12(20)22-14-4-2-3-13(11-14)17-15(21)19-9-7-18(6-5-16)8-10-19/h2-4,11H,5-10,16H2,1H3,(H,17,21). The van der Waals surface area contributed by atoms with E-state index >= 15 is 0 Å². The fourth-order valence-electron chi connectivity index (χ4n) is 2.36. The molecule has 0 aromatic heterocycles. The van der Waals surface area contributed by atoms with E-state index in [1.165, 1.54) is 6.92 Å². The number of hydrogen-bond donors (Lipinski definition) is 2. The Balaban J connectivity index is 1.88. The van der Waals surface area contributed by atoms with E-state index in [1.54, 1.807) is 29.2 Å². The van der Waals surface area contributed by atoms with Gasteiger partial charge in [0.1, 0.15) is 5.75 Å². The Morgan fingerprint density at radius 3 is 2.64 bits per heavy atom. The minimum Gasteiger partial charge on any atom is -0.427 e. The maximum absolute atomic E-state index is 12.2. The zero-order valence-electron chi connectivity index (χ0n) is 12.7. The maximum atomic E-state index is 12.2. The van der Waals surface area contributed by atoms with Gasteiger partial charge in [0.05, 0.1) is 0 Å². The second-order valence-electron chi connectivity index (χ2n) is 5.17. The summed E-state index contributed by atoms with van der Waals surface area (Å²) in [6.07, 6.45) is 0. The van der Waals surface area contributed by atoms with Crippen LogP contribution in [0.1, 0.15) is 6.92 Å². The van der Waals surface area contributed by atoms with Crippen molar-refractivity contribution in [3.8, 4) is 5.75 Å². The number of nitrogens with two attached hydrogens (primary N) is 1. The fourth-order valence-corrected chi connectivity index (χ4v) is 2.36. The summed E-state index contributed by atoms with van der Waals surface area (Å²) in [5.41, 5.74) is 6.14. The molecule has 2 rings (SSSR count). The highest BCUT2D eigenvalue weighted by Gasteiger charge is 2.20. The van der Waals surface area contributed by atoms with Crippen molar-refractivity contribution in [3.63, 3.8) is 0 Å². The Bertz CT molecular complexity index is 527. The lowest BCUT2D eigenvalue weighted by Crippen LogP contribution is -2.50. The molecule has 3 N–H and O–H groups in total. The average molecular weight is 306 g/mol. The van der Waals surface area contributed by atoms with Crippen molar-refractivity contribution in [2.75, 3.05) is 44.6 Å². The highest BCUT2D eigenvalue weighted by atomic mass is 16.5. The molecule has 0 spiro atoms. The monoisotopic (exact) mass is 306 g/mol. The van der Waals surface area contributed by atoms with Crippen LogP contribution in [-0.2, 0) is 4.79 Å². The highest BCUT2D eigenvalue weighted by Crippen LogP contribution is 2.18. The number of urea groups is 1. The molecule has 1 heterocycles. The molecule has 2 amide bonds. The van der Waals surface area contributed by atoms with Crippen LogP contribution in [0.5, 0.6) is 5.75 Å². The Hall–Kier alpha value is -2.12. The van der Waals surface area contributed by atoms with Crippen LogP contribution in [0.15, 0.2) is 24.3 Å². The lowest BCUT2D eigenvalue weighted by Gasteiger charge is -2.34. The van der Waals surface area contributed by atoms with E-state index in [-0.39, 0.29) is 12.0 Å². The van der Waals surface area contributed by atoms with Crippen LogP contribution in [-0.4, -0.2) is 61.1 Å². The predicted molar refractivity (Wildman–Crippen MR) is 83.8 cm³/mol.